The van der Waals surface area contributed by atoms with Gasteiger partial charge >= 0.3 is 0 Å². The lowest BCUT2D eigenvalue weighted by Crippen LogP contribution is -2.53. The van der Waals surface area contributed by atoms with E-state index in [9.17, 15) is 5.11 Å². The van der Waals surface area contributed by atoms with Crippen molar-refractivity contribution in [3.63, 3.8) is 0 Å². The first-order valence-electron chi connectivity index (χ1n) is 14.5. The molecule has 0 aliphatic carbocycles. The van der Waals surface area contributed by atoms with Gasteiger partial charge in [0.2, 0.25) is 0 Å². The van der Waals surface area contributed by atoms with Crippen molar-refractivity contribution in [2.24, 2.45) is 0 Å². The average Bonchev–Trinajstić information content (AvgIpc) is 3.01. The lowest BCUT2D eigenvalue weighted by molar-refractivity contribution is -0.0226. The number of hydrogen-bond acceptors (Lipinski definition) is 3. The summed E-state index contributed by atoms with van der Waals surface area (Å²) >= 11 is 0. The number of unbranched alkanes of at least 4 members (excludes halogenated alkanes) is 2. The van der Waals surface area contributed by atoms with Crippen LogP contribution in [0.4, 0.5) is 0 Å². The van der Waals surface area contributed by atoms with Gasteiger partial charge in [-0.15, -0.1) is 0 Å². The van der Waals surface area contributed by atoms with Crippen molar-refractivity contribution in [2.45, 2.75) is 64.2 Å². The van der Waals surface area contributed by atoms with E-state index in [1.165, 1.54) is 5.56 Å². The highest BCUT2D eigenvalue weighted by atomic mass is 16.5. The van der Waals surface area contributed by atoms with Crippen molar-refractivity contribution >= 4 is 0 Å². The Balaban J connectivity index is 1.68. The Morgan fingerprint density at radius 1 is 0.641 bits per heavy atom. The van der Waals surface area contributed by atoms with Crippen LogP contribution in [0, 0.1) is 0 Å². The molecule has 39 heavy (non-hydrogen) atoms. The second kappa shape index (κ2) is 14.7. The summed E-state index contributed by atoms with van der Waals surface area (Å²) in [6.45, 7) is 6.94. The predicted molar refractivity (Wildman–Crippen MR) is 162 cm³/mol. The van der Waals surface area contributed by atoms with E-state index in [-0.39, 0.29) is 6.04 Å². The lowest BCUT2D eigenvalue weighted by Gasteiger charge is -2.44. The van der Waals surface area contributed by atoms with E-state index in [2.05, 4.69) is 79.4 Å². The van der Waals surface area contributed by atoms with E-state index in [0.29, 0.717) is 6.61 Å². The fourth-order valence-electron chi connectivity index (χ4n) is 5.31. The standard InChI is InChI=1S/C36H43NO2/c1-3-5-26-37(27-6-4-2)35(36(38,32-18-12-8-13-19-32)33-20-14-9-15-21-33)28-30-22-24-34(25-23-30)39-29-31-16-10-7-11-17-31/h7-25,35,38H,3-6,26-29H2,1-2H3/t35-/m0/s1. The SMILES string of the molecule is CCCCN(CCCC)[C@@H](Cc1ccc(OCc2ccccc2)cc1)C(O)(c1ccccc1)c1ccccc1. The fourth-order valence-corrected chi connectivity index (χ4v) is 5.31. The third-order valence-electron chi connectivity index (χ3n) is 7.55. The summed E-state index contributed by atoms with van der Waals surface area (Å²) in [4.78, 5) is 2.53. The number of nitrogens with zero attached hydrogens (tertiary/aromatic N) is 1. The number of benzene rings is 4. The van der Waals surface area contributed by atoms with Crippen LogP contribution in [-0.4, -0.2) is 29.1 Å². The van der Waals surface area contributed by atoms with Crippen LogP contribution >= 0.6 is 0 Å². The number of hydrogen-bond donors (Lipinski definition) is 1. The topological polar surface area (TPSA) is 32.7 Å². The summed E-state index contributed by atoms with van der Waals surface area (Å²) in [6, 6.07) is 39.0. The molecule has 0 bridgehead atoms. The highest BCUT2D eigenvalue weighted by Crippen LogP contribution is 2.38. The minimum absolute atomic E-state index is 0.128. The van der Waals surface area contributed by atoms with Gasteiger partial charge in [0.25, 0.3) is 0 Å². The Kier molecular flexibility index (Phi) is 10.8. The molecule has 0 aliphatic heterocycles. The Morgan fingerprint density at radius 2 is 1.13 bits per heavy atom. The third kappa shape index (κ3) is 7.59. The molecule has 1 atom stereocenters. The first kappa shape index (κ1) is 28.6. The van der Waals surface area contributed by atoms with E-state index in [1.54, 1.807) is 0 Å². The van der Waals surface area contributed by atoms with Gasteiger partial charge in [-0.3, -0.25) is 4.90 Å². The van der Waals surface area contributed by atoms with E-state index in [4.69, 9.17) is 4.74 Å². The zero-order valence-corrected chi connectivity index (χ0v) is 23.5. The molecule has 0 saturated carbocycles. The molecule has 204 valence electrons. The largest absolute Gasteiger partial charge is 0.489 e. The van der Waals surface area contributed by atoms with Gasteiger partial charge in [0.1, 0.15) is 18.0 Å². The molecule has 4 aromatic carbocycles. The van der Waals surface area contributed by atoms with Crippen molar-refractivity contribution < 1.29 is 9.84 Å². The van der Waals surface area contributed by atoms with Crippen LogP contribution in [0.25, 0.3) is 0 Å². The van der Waals surface area contributed by atoms with Crippen LogP contribution in [0.15, 0.2) is 115 Å². The number of ether oxygens (including phenoxy) is 1. The van der Waals surface area contributed by atoms with Crippen molar-refractivity contribution in [3.05, 3.63) is 138 Å². The van der Waals surface area contributed by atoms with Crippen LogP contribution < -0.4 is 4.74 Å². The number of aliphatic hydroxyl groups is 1. The van der Waals surface area contributed by atoms with Gasteiger partial charge < -0.3 is 9.84 Å². The molecule has 0 amide bonds. The summed E-state index contributed by atoms with van der Waals surface area (Å²) in [5, 5.41) is 12.8. The van der Waals surface area contributed by atoms with Crippen LogP contribution in [0.1, 0.15) is 61.8 Å². The molecule has 0 unspecified atom stereocenters. The number of rotatable bonds is 15. The maximum atomic E-state index is 12.8. The predicted octanol–water partition coefficient (Wildman–Crippen LogP) is 8.02. The van der Waals surface area contributed by atoms with Gasteiger partial charge in [-0.25, -0.2) is 0 Å². The van der Waals surface area contributed by atoms with Crippen molar-refractivity contribution in [1.29, 1.82) is 0 Å². The van der Waals surface area contributed by atoms with Gasteiger partial charge in [0.15, 0.2) is 0 Å². The van der Waals surface area contributed by atoms with Crippen molar-refractivity contribution in [3.8, 4) is 5.75 Å². The molecule has 0 aliphatic rings. The Hall–Kier alpha value is -3.40. The quantitative estimate of drug-likeness (QED) is 0.172. The maximum absolute atomic E-state index is 12.8. The molecule has 4 aromatic rings. The molecule has 1 N–H and O–H groups in total. The van der Waals surface area contributed by atoms with Crippen molar-refractivity contribution in [1.82, 2.24) is 4.90 Å². The van der Waals surface area contributed by atoms with Crippen LogP contribution in [0.2, 0.25) is 0 Å². The van der Waals surface area contributed by atoms with E-state index in [1.807, 2.05) is 54.6 Å². The summed E-state index contributed by atoms with van der Waals surface area (Å²) in [5.41, 5.74) is 3.05. The molecule has 0 spiro atoms. The lowest BCUT2D eigenvalue weighted by atomic mass is 9.76. The summed E-state index contributed by atoms with van der Waals surface area (Å²) in [5.74, 6) is 0.856. The van der Waals surface area contributed by atoms with Gasteiger partial charge in [-0.2, -0.15) is 0 Å². The van der Waals surface area contributed by atoms with Crippen LogP contribution in [0.5, 0.6) is 5.75 Å². The average molecular weight is 522 g/mol. The highest BCUT2D eigenvalue weighted by molar-refractivity contribution is 5.39. The Labute approximate surface area is 235 Å². The molecular weight excluding hydrogens is 478 g/mol. The molecule has 0 heterocycles. The fraction of sp³-hybridized carbons (Fsp3) is 0.333. The summed E-state index contributed by atoms with van der Waals surface area (Å²) in [6.07, 6.45) is 5.18. The Bertz CT molecular complexity index is 1160. The zero-order valence-electron chi connectivity index (χ0n) is 23.5. The normalized spacial score (nSPS) is 12.4. The van der Waals surface area contributed by atoms with E-state index >= 15 is 0 Å². The van der Waals surface area contributed by atoms with E-state index in [0.717, 1.165) is 67.6 Å². The molecule has 0 saturated heterocycles. The summed E-state index contributed by atoms with van der Waals surface area (Å²) < 4.78 is 6.05. The monoisotopic (exact) mass is 521 g/mol. The minimum atomic E-state index is -1.16. The first-order valence-corrected chi connectivity index (χ1v) is 14.5. The second-order valence-corrected chi connectivity index (χ2v) is 10.4. The molecular formula is C36H43NO2. The third-order valence-corrected chi connectivity index (χ3v) is 7.55. The van der Waals surface area contributed by atoms with Gasteiger partial charge in [-0.1, -0.05) is 130 Å². The molecule has 0 aromatic heterocycles. The molecule has 0 radical (unpaired) electrons. The van der Waals surface area contributed by atoms with Gasteiger partial charge in [-0.05, 0) is 66.7 Å². The van der Waals surface area contributed by atoms with Gasteiger partial charge in [0.05, 0.1) is 6.04 Å². The van der Waals surface area contributed by atoms with Crippen molar-refractivity contribution in [2.75, 3.05) is 13.1 Å². The maximum Gasteiger partial charge on any atom is 0.130 e. The van der Waals surface area contributed by atoms with Crippen LogP contribution in [-0.2, 0) is 18.6 Å². The van der Waals surface area contributed by atoms with E-state index < -0.39 is 5.60 Å². The molecule has 0 fully saturated rings. The minimum Gasteiger partial charge on any atom is -0.489 e. The van der Waals surface area contributed by atoms with Gasteiger partial charge in [0, 0.05) is 0 Å². The smallest absolute Gasteiger partial charge is 0.130 e. The second-order valence-electron chi connectivity index (χ2n) is 10.4. The first-order chi connectivity index (χ1) is 19.1. The zero-order chi connectivity index (χ0) is 27.3. The Morgan fingerprint density at radius 3 is 1.62 bits per heavy atom. The van der Waals surface area contributed by atoms with Crippen LogP contribution in [0.3, 0.4) is 0 Å². The molecule has 3 heteroatoms. The molecule has 4 rings (SSSR count). The highest BCUT2D eigenvalue weighted by Gasteiger charge is 2.43. The molecule has 3 nitrogen and oxygen atoms in total. The summed E-state index contributed by atoms with van der Waals surface area (Å²) in [7, 11) is 0.